The topological polar surface area (TPSA) is 53.5 Å². The molecule has 0 aliphatic heterocycles. The van der Waals surface area contributed by atoms with Crippen molar-refractivity contribution in [3.05, 3.63) is 62.5 Å². The average molecular weight is 453 g/mol. The molecule has 0 spiro atoms. The fourth-order valence-corrected chi connectivity index (χ4v) is 3.88. The Morgan fingerprint density at radius 1 is 1.12 bits per heavy atom. The standard InChI is InChI=1S/C18H19Br2N3O/c1-3-16(13-7-5-4-6-8-13)22-23-17(24)11-21-18-14(19)9-12(2)10-15(18)20/h4-10,21H,3,11H2,1-2H3,(H,23,24). The van der Waals surface area contributed by atoms with Crippen LogP contribution in [0.4, 0.5) is 5.69 Å². The number of benzene rings is 2. The molecule has 0 bridgehead atoms. The minimum absolute atomic E-state index is 0.134. The van der Waals surface area contributed by atoms with Crippen molar-refractivity contribution >= 4 is 49.2 Å². The Bertz CT molecular complexity index is 722. The Labute approximate surface area is 159 Å². The van der Waals surface area contributed by atoms with E-state index >= 15 is 0 Å². The third kappa shape index (κ3) is 5.18. The predicted molar refractivity (Wildman–Crippen MR) is 106 cm³/mol. The summed E-state index contributed by atoms with van der Waals surface area (Å²) < 4.78 is 1.81. The van der Waals surface area contributed by atoms with E-state index in [1.807, 2.05) is 56.3 Å². The highest BCUT2D eigenvalue weighted by molar-refractivity contribution is 9.11. The van der Waals surface area contributed by atoms with Crippen molar-refractivity contribution in [2.75, 3.05) is 11.9 Å². The van der Waals surface area contributed by atoms with E-state index in [-0.39, 0.29) is 12.5 Å². The molecule has 2 N–H and O–H groups in total. The number of anilines is 1. The Balaban J connectivity index is 1.97. The lowest BCUT2D eigenvalue weighted by Crippen LogP contribution is -2.27. The number of rotatable bonds is 6. The Morgan fingerprint density at radius 2 is 1.75 bits per heavy atom. The molecule has 0 saturated heterocycles. The monoisotopic (exact) mass is 451 g/mol. The zero-order valence-corrected chi connectivity index (χ0v) is 16.7. The first kappa shape index (κ1) is 18.7. The second kappa shape index (κ2) is 8.99. The number of hydrogen-bond acceptors (Lipinski definition) is 3. The SMILES string of the molecule is CCC(=NNC(=O)CNc1c(Br)cc(C)cc1Br)c1ccccc1. The van der Waals surface area contributed by atoms with Gasteiger partial charge in [0.2, 0.25) is 0 Å². The predicted octanol–water partition coefficient (Wildman–Crippen LogP) is 4.86. The summed E-state index contributed by atoms with van der Waals surface area (Å²) in [5, 5.41) is 7.35. The van der Waals surface area contributed by atoms with Gasteiger partial charge in [0, 0.05) is 8.95 Å². The van der Waals surface area contributed by atoms with E-state index in [0.29, 0.717) is 0 Å². The van der Waals surface area contributed by atoms with Gasteiger partial charge in [0.25, 0.3) is 5.91 Å². The van der Waals surface area contributed by atoms with Crippen LogP contribution < -0.4 is 10.7 Å². The minimum Gasteiger partial charge on any atom is -0.374 e. The molecule has 2 rings (SSSR count). The molecule has 2 aromatic rings. The van der Waals surface area contributed by atoms with Crippen molar-refractivity contribution in [1.29, 1.82) is 0 Å². The second-order valence-corrected chi connectivity index (χ2v) is 6.98. The molecule has 0 aromatic heterocycles. The molecule has 24 heavy (non-hydrogen) atoms. The molecule has 0 atom stereocenters. The third-order valence-corrected chi connectivity index (χ3v) is 4.62. The smallest absolute Gasteiger partial charge is 0.259 e. The molecule has 0 aliphatic rings. The van der Waals surface area contributed by atoms with Gasteiger partial charge in [0.1, 0.15) is 0 Å². The Hall–Kier alpha value is -1.66. The maximum Gasteiger partial charge on any atom is 0.259 e. The van der Waals surface area contributed by atoms with Gasteiger partial charge in [-0.1, -0.05) is 37.3 Å². The van der Waals surface area contributed by atoms with Crippen LogP contribution in [0.15, 0.2) is 56.5 Å². The molecule has 0 heterocycles. The van der Waals surface area contributed by atoms with Crippen LogP contribution in [0.3, 0.4) is 0 Å². The highest BCUT2D eigenvalue weighted by Gasteiger charge is 2.08. The molecule has 6 heteroatoms. The zero-order chi connectivity index (χ0) is 17.5. The molecule has 0 saturated carbocycles. The number of aryl methyl sites for hydroxylation is 1. The van der Waals surface area contributed by atoms with E-state index in [1.54, 1.807) is 0 Å². The van der Waals surface area contributed by atoms with E-state index < -0.39 is 0 Å². The highest BCUT2D eigenvalue weighted by Crippen LogP contribution is 2.32. The molecular formula is C18H19Br2N3O. The molecule has 2 aromatic carbocycles. The first-order valence-electron chi connectivity index (χ1n) is 7.61. The van der Waals surface area contributed by atoms with Gasteiger partial charge in [-0.15, -0.1) is 0 Å². The first-order chi connectivity index (χ1) is 11.5. The summed E-state index contributed by atoms with van der Waals surface area (Å²) >= 11 is 7.00. The summed E-state index contributed by atoms with van der Waals surface area (Å²) in [6, 6.07) is 13.8. The van der Waals surface area contributed by atoms with Gasteiger partial charge in [-0.2, -0.15) is 5.10 Å². The molecule has 0 unspecified atom stereocenters. The second-order valence-electron chi connectivity index (χ2n) is 5.27. The number of nitrogens with one attached hydrogen (secondary N) is 2. The Morgan fingerprint density at radius 3 is 2.33 bits per heavy atom. The maximum absolute atomic E-state index is 12.0. The van der Waals surface area contributed by atoms with Crippen molar-refractivity contribution in [3.63, 3.8) is 0 Å². The number of hydrazone groups is 1. The molecule has 1 amide bonds. The average Bonchev–Trinajstić information content (AvgIpc) is 2.55. The number of hydrogen-bond donors (Lipinski definition) is 2. The molecule has 126 valence electrons. The van der Waals surface area contributed by atoms with Crippen LogP contribution in [-0.2, 0) is 4.79 Å². The van der Waals surface area contributed by atoms with Crippen LogP contribution in [-0.4, -0.2) is 18.2 Å². The van der Waals surface area contributed by atoms with Crippen LogP contribution in [0.1, 0.15) is 24.5 Å². The summed E-state index contributed by atoms with van der Waals surface area (Å²) in [7, 11) is 0. The van der Waals surface area contributed by atoms with E-state index in [0.717, 1.165) is 37.9 Å². The van der Waals surface area contributed by atoms with E-state index in [2.05, 4.69) is 47.7 Å². The number of amides is 1. The molecule has 0 aliphatic carbocycles. The van der Waals surface area contributed by atoms with Gasteiger partial charge >= 0.3 is 0 Å². The van der Waals surface area contributed by atoms with Gasteiger partial charge in [-0.3, -0.25) is 4.79 Å². The zero-order valence-electron chi connectivity index (χ0n) is 13.6. The molecular weight excluding hydrogens is 434 g/mol. The van der Waals surface area contributed by atoms with Gasteiger partial charge in [0.05, 0.1) is 17.9 Å². The van der Waals surface area contributed by atoms with E-state index in [4.69, 9.17) is 0 Å². The number of halogens is 2. The van der Waals surface area contributed by atoms with Crippen molar-refractivity contribution in [2.45, 2.75) is 20.3 Å². The molecule has 0 radical (unpaired) electrons. The van der Waals surface area contributed by atoms with Crippen molar-refractivity contribution in [1.82, 2.24) is 5.43 Å². The minimum atomic E-state index is -0.198. The van der Waals surface area contributed by atoms with Crippen molar-refractivity contribution < 1.29 is 4.79 Å². The van der Waals surface area contributed by atoms with E-state index in [1.165, 1.54) is 0 Å². The fourth-order valence-electron chi connectivity index (χ4n) is 2.19. The number of carbonyl (C=O) groups is 1. The van der Waals surface area contributed by atoms with Gasteiger partial charge in [-0.25, -0.2) is 5.43 Å². The first-order valence-corrected chi connectivity index (χ1v) is 9.20. The van der Waals surface area contributed by atoms with Gasteiger partial charge < -0.3 is 5.32 Å². The van der Waals surface area contributed by atoms with Crippen molar-refractivity contribution in [2.24, 2.45) is 5.10 Å². The summed E-state index contributed by atoms with van der Waals surface area (Å²) in [6.07, 6.45) is 0.743. The molecule has 4 nitrogen and oxygen atoms in total. The van der Waals surface area contributed by atoms with Crippen LogP contribution >= 0.6 is 31.9 Å². The highest BCUT2D eigenvalue weighted by atomic mass is 79.9. The normalized spacial score (nSPS) is 11.2. The summed E-state index contributed by atoms with van der Waals surface area (Å²) in [4.78, 5) is 12.0. The quantitative estimate of drug-likeness (QED) is 0.485. The van der Waals surface area contributed by atoms with Gasteiger partial charge in [-0.05, 0) is 68.5 Å². The lowest BCUT2D eigenvalue weighted by molar-refractivity contribution is -0.119. The maximum atomic E-state index is 12.0. The van der Waals surface area contributed by atoms with E-state index in [9.17, 15) is 4.79 Å². The number of carbonyl (C=O) groups excluding carboxylic acids is 1. The van der Waals surface area contributed by atoms with Crippen LogP contribution in [0, 0.1) is 6.92 Å². The largest absolute Gasteiger partial charge is 0.374 e. The molecule has 0 fully saturated rings. The van der Waals surface area contributed by atoms with Crippen LogP contribution in [0.2, 0.25) is 0 Å². The van der Waals surface area contributed by atoms with Gasteiger partial charge in [0.15, 0.2) is 0 Å². The van der Waals surface area contributed by atoms with Crippen molar-refractivity contribution in [3.8, 4) is 0 Å². The summed E-state index contributed by atoms with van der Waals surface area (Å²) in [5.41, 5.74) is 6.44. The lowest BCUT2D eigenvalue weighted by atomic mass is 10.1. The number of nitrogens with zero attached hydrogens (tertiary/aromatic N) is 1. The van der Waals surface area contributed by atoms with Crippen LogP contribution in [0.5, 0.6) is 0 Å². The summed E-state index contributed by atoms with van der Waals surface area (Å²) in [5.74, 6) is -0.198. The Kier molecular flexibility index (Phi) is 6.99. The van der Waals surface area contributed by atoms with Crippen LogP contribution in [0.25, 0.3) is 0 Å². The lowest BCUT2D eigenvalue weighted by Gasteiger charge is -2.11. The third-order valence-electron chi connectivity index (χ3n) is 3.37. The fraction of sp³-hybridized carbons (Fsp3) is 0.222. The summed E-state index contributed by atoms with van der Waals surface area (Å²) in [6.45, 7) is 4.16.